The van der Waals surface area contributed by atoms with Crippen LogP contribution in [0.25, 0.3) is 0 Å². The normalized spacial score (nSPS) is 11.2. The second-order valence-corrected chi connectivity index (χ2v) is 2.95. The quantitative estimate of drug-likeness (QED) is 0.739. The second-order valence-electron chi connectivity index (χ2n) is 2.58. The summed E-state index contributed by atoms with van der Waals surface area (Å²) in [6.45, 7) is 0. The number of nitrogens with one attached hydrogen (secondary N) is 1. The molecule has 0 aliphatic rings. The molecule has 0 heterocycles. The Morgan fingerprint density at radius 1 is 1.43 bits per heavy atom. The molecular weight excluding hydrogens is 266 g/mol. The number of carboxylic acid groups (broad SMARTS) is 1. The third kappa shape index (κ3) is 4.02. The number of carbonyl (C=O) groups is 1. The van der Waals surface area contributed by atoms with Crippen LogP contribution in [-0.2, 0) is 4.79 Å². The van der Waals surface area contributed by atoms with Crippen LogP contribution in [0.15, 0.2) is 30.3 Å². The van der Waals surface area contributed by atoms with Gasteiger partial charge in [-0.2, -0.15) is 12.6 Å². The molecule has 5 heteroatoms. The lowest BCUT2D eigenvalue weighted by Gasteiger charge is -2.12. The molecule has 0 bridgehead atoms. The summed E-state index contributed by atoms with van der Waals surface area (Å²) in [6.07, 6.45) is 0. The predicted molar refractivity (Wildman–Crippen MR) is 65.7 cm³/mol. The average Bonchev–Trinajstić information content (AvgIpc) is 2.15. The van der Waals surface area contributed by atoms with Gasteiger partial charge in [-0.25, -0.2) is 4.79 Å². The van der Waals surface area contributed by atoms with Crippen molar-refractivity contribution in [2.24, 2.45) is 0 Å². The maximum atomic E-state index is 10.6. The summed E-state index contributed by atoms with van der Waals surface area (Å²) in [5.41, 5.74) is 0.795. The van der Waals surface area contributed by atoms with Crippen molar-refractivity contribution in [1.29, 1.82) is 0 Å². The predicted octanol–water partition coefficient (Wildman–Crippen LogP) is 2.06. The molecule has 2 N–H and O–H groups in total. The van der Waals surface area contributed by atoms with E-state index in [0.717, 1.165) is 5.69 Å². The van der Waals surface area contributed by atoms with Crippen molar-refractivity contribution in [2.45, 2.75) is 6.04 Å². The largest absolute Gasteiger partial charge is 0.480 e. The lowest BCUT2D eigenvalue weighted by atomic mass is 10.2. The lowest BCUT2D eigenvalue weighted by Crippen LogP contribution is -2.30. The molecule has 14 heavy (non-hydrogen) atoms. The van der Waals surface area contributed by atoms with Crippen molar-refractivity contribution in [3.63, 3.8) is 0 Å². The van der Waals surface area contributed by atoms with E-state index >= 15 is 0 Å². The minimum Gasteiger partial charge on any atom is -0.480 e. The highest BCUT2D eigenvalue weighted by Crippen LogP contribution is 2.07. The lowest BCUT2D eigenvalue weighted by molar-refractivity contribution is -0.137. The number of rotatable bonds is 4. The van der Waals surface area contributed by atoms with E-state index < -0.39 is 12.0 Å². The van der Waals surface area contributed by atoms with Gasteiger partial charge in [0.05, 0.1) is 0 Å². The van der Waals surface area contributed by atoms with E-state index in [0.29, 0.717) is 0 Å². The molecule has 78 valence electrons. The Morgan fingerprint density at radius 2 is 2.00 bits per heavy atom. The Hall–Kier alpha value is -0.680. The summed E-state index contributed by atoms with van der Waals surface area (Å²) in [6, 6.07) is 8.57. The van der Waals surface area contributed by atoms with Crippen LogP contribution in [0.3, 0.4) is 0 Å². The zero-order valence-electron chi connectivity index (χ0n) is 7.38. The fourth-order valence-electron chi connectivity index (χ4n) is 0.921. The van der Waals surface area contributed by atoms with Gasteiger partial charge in [-0.15, -0.1) is 17.0 Å². The monoisotopic (exact) mass is 277 g/mol. The van der Waals surface area contributed by atoms with Gasteiger partial charge in [-0.05, 0) is 12.1 Å². The number of para-hydroxylation sites is 1. The molecule has 0 unspecified atom stereocenters. The summed E-state index contributed by atoms with van der Waals surface area (Å²) in [5, 5.41) is 11.6. The molecule has 1 aromatic rings. The molecule has 0 saturated carbocycles. The van der Waals surface area contributed by atoms with Crippen molar-refractivity contribution in [3.8, 4) is 0 Å². The smallest absolute Gasteiger partial charge is 0.326 e. The number of benzene rings is 1. The summed E-state index contributed by atoms with van der Waals surface area (Å²) in [7, 11) is 0. The number of carboxylic acids is 1. The maximum absolute atomic E-state index is 10.6. The molecule has 0 aromatic heterocycles. The topological polar surface area (TPSA) is 49.3 Å². The zero-order chi connectivity index (χ0) is 9.68. The van der Waals surface area contributed by atoms with E-state index in [9.17, 15) is 4.79 Å². The Morgan fingerprint density at radius 3 is 2.43 bits per heavy atom. The molecule has 0 aliphatic heterocycles. The molecule has 0 radical (unpaired) electrons. The molecule has 1 atom stereocenters. The minimum atomic E-state index is -0.890. The molecular formula is C9H12BrNO2S. The number of hydrogen-bond donors (Lipinski definition) is 3. The van der Waals surface area contributed by atoms with Gasteiger partial charge in [0.2, 0.25) is 0 Å². The van der Waals surface area contributed by atoms with Crippen LogP contribution in [0, 0.1) is 0 Å². The number of anilines is 1. The molecule has 0 saturated heterocycles. The molecule has 0 fully saturated rings. The van der Waals surface area contributed by atoms with Crippen LogP contribution in [-0.4, -0.2) is 22.9 Å². The first-order valence-electron chi connectivity index (χ1n) is 3.89. The van der Waals surface area contributed by atoms with E-state index in [2.05, 4.69) is 17.9 Å². The van der Waals surface area contributed by atoms with E-state index in [1.165, 1.54) is 0 Å². The van der Waals surface area contributed by atoms with Gasteiger partial charge in [0.15, 0.2) is 0 Å². The van der Waals surface area contributed by atoms with Crippen LogP contribution < -0.4 is 5.32 Å². The van der Waals surface area contributed by atoms with Crippen molar-refractivity contribution >= 4 is 41.3 Å². The molecule has 3 nitrogen and oxygen atoms in total. The molecule has 1 aromatic carbocycles. The molecule has 0 amide bonds. The standard InChI is InChI=1S/C9H11NO2S.BrH/c11-9(12)8(6-13)10-7-4-2-1-3-5-7;/h1-5,8,10,13H,6H2,(H,11,12);1H/t8-;/m0./s1. The van der Waals surface area contributed by atoms with Crippen LogP contribution in [0.4, 0.5) is 5.69 Å². The van der Waals surface area contributed by atoms with Crippen LogP contribution in [0.1, 0.15) is 0 Å². The Labute approximate surface area is 98.7 Å². The van der Waals surface area contributed by atoms with E-state index in [4.69, 9.17) is 5.11 Å². The van der Waals surface area contributed by atoms with Gasteiger partial charge in [-0.3, -0.25) is 0 Å². The summed E-state index contributed by atoms with van der Waals surface area (Å²) in [5.74, 6) is -0.622. The first-order chi connectivity index (χ1) is 6.24. The maximum Gasteiger partial charge on any atom is 0.326 e. The number of thiol groups is 1. The molecule has 0 spiro atoms. The Bertz CT molecular complexity index is 281. The van der Waals surface area contributed by atoms with Gasteiger partial charge in [0, 0.05) is 11.4 Å². The molecule has 0 aliphatic carbocycles. The summed E-state index contributed by atoms with van der Waals surface area (Å²) < 4.78 is 0. The third-order valence-corrected chi connectivity index (χ3v) is 1.96. The van der Waals surface area contributed by atoms with E-state index in [1.54, 1.807) is 0 Å². The molecule has 1 rings (SSSR count). The average molecular weight is 278 g/mol. The Kier molecular flexibility index (Phi) is 6.40. The Balaban J connectivity index is 0.00000169. The van der Waals surface area contributed by atoms with Gasteiger partial charge in [-0.1, -0.05) is 18.2 Å². The highest BCUT2D eigenvalue weighted by Gasteiger charge is 2.13. The van der Waals surface area contributed by atoms with Crippen LogP contribution >= 0.6 is 29.6 Å². The number of hydrogen-bond acceptors (Lipinski definition) is 3. The second kappa shape index (κ2) is 6.73. The van der Waals surface area contributed by atoms with Crippen LogP contribution in [0.2, 0.25) is 0 Å². The van der Waals surface area contributed by atoms with Crippen LogP contribution in [0.5, 0.6) is 0 Å². The summed E-state index contributed by atoms with van der Waals surface area (Å²) >= 11 is 3.94. The first kappa shape index (κ1) is 13.3. The highest BCUT2D eigenvalue weighted by molar-refractivity contribution is 8.93. The first-order valence-corrected chi connectivity index (χ1v) is 4.52. The van der Waals surface area contributed by atoms with E-state index in [1.807, 2.05) is 30.3 Å². The number of aliphatic carboxylic acids is 1. The van der Waals surface area contributed by atoms with Crippen molar-refractivity contribution < 1.29 is 9.90 Å². The summed E-state index contributed by atoms with van der Waals surface area (Å²) in [4.78, 5) is 10.6. The highest BCUT2D eigenvalue weighted by atomic mass is 79.9. The number of halogens is 1. The van der Waals surface area contributed by atoms with Gasteiger partial charge < -0.3 is 10.4 Å². The van der Waals surface area contributed by atoms with Gasteiger partial charge in [0.1, 0.15) is 6.04 Å². The van der Waals surface area contributed by atoms with E-state index in [-0.39, 0.29) is 22.7 Å². The van der Waals surface area contributed by atoms with Gasteiger partial charge in [0.25, 0.3) is 0 Å². The van der Waals surface area contributed by atoms with Crippen molar-refractivity contribution in [2.75, 3.05) is 11.1 Å². The fourth-order valence-corrected chi connectivity index (χ4v) is 1.17. The minimum absolute atomic E-state index is 0. The zero-order valence-corrected chi connectivity index (χ0v) is 9.99. The van der Waals surface area contributed by atoms with Gasteiger partial charge >= 0.3 is 5.97 Å². The SMILES string of the molecule is Br.O=C(O)[C@H](CS)Nc1ccccc1. The van der Waals surface area contributed by atoms with Crippen molar-refractivity contribution in [3.05, 3.63) is 30.3 Å². The fraction of sp³-hybridized carbons (Fsp3) is 0.222. The third-order valence-electron chi connectivity index (χ3n) is 1.60. The van der Waals surface area contributed by atoms with Crippen molar-refractivity contribution in [1.82, 2.24) is 0 Å².